The van der Waals surface area contributed by atoms with Crippen LogP contribution in [-0.4, -0.2) is 36.2 Å². The smallest absolute Gasteiger partial charge is 0.227 e. The quantitative estimate of drug-likeness (QED) is 0.653. The molecule has 0 radical (unpaired) electrons. The molecule has 1 atom stereocenters. The molecule has 2 fully saturated rings. The van der Waals surface area contributed by atoms with Crippen molar-refractivity contribution in [3.8, 4) is 0 Å². The third kappa shape index (κ3) is 2.38. The van der Waals surface area contributed by atoms with Crippen molar-refractivity contribution in [2.24, 2.45) is 5.41 Å². The van der Waals surface area contributed by atoms with E-state index in [1.807, 2.05) is 6.92 Å². The second-order valence-corrected chi connectivity index (χ2v) is 5.60. The van der Waals surface area contributed by atoms with Gasteiger partial charge in [0, 0.05) is 13.1 Å². The molecular formula is C12H22N2O2. The molecule has 1 unspecified atom stereocenters. The first-order valence-corrected chi connectivity index (χ1v) is 6.26. The highest BCUT2D eigenvalue weighted by molar-refractivity contribution is 5.82. The number of carbonyl (C=O) groups is 1. The summed E-state index contributed by atoms with van der Waals surface area (Å²) >= 11 is 0. The van der Waals surface area contributed by atoms with Gasteiger partial charge >= 0.3 is 0 Å². The minimum atomic E-state index is -0.617. The molecule has 0 aromatic carbocycles. The van der Waals surface area contributed by atoms with Crippen LogP contribution in [0.4, 0.5) is 0 Å². The van der Waals surface area contributed by atoms with Crippen LogP contribution in [0.15, 0.2) is 0 Å². The zero-order valence-corrected chi connectivity index (χ0v) is 10.0. The monoisotopic (exact) mass is 226 g/mol. The van der Waals surface area contributed by atoms with E-state index in [9.17, 15) is 9.90 Å². The van der Waals surface area contributed by atoms with Gasteiger partial charge in [0.25, 0.3) is 0 Å². The number of hydrogen-bond donors (Lipinski definition) is 3. The molecule has 1 saturated heterocycles. The van der Waals surface area contributed by atoms with Crippen LogP contribution in [0, 0.1) is 5.41 Å². The minimum Gasteiger partial charge on any atom is -0.388 e. The SMILES string of the molecule is CC1(C(=O)NCC2(O)CCC2)CCCNC1. The lowest BCUT2D eigenvalue weighted by molar-refractivity contribution is -0.133. The van der Waals surface area contributed by atoms with Crippen molar-refractivity contribution in [3.05, 3.63) is 0 Å². The minimum absolute atomic E-state index is 0.0834. The van der Waals surface area contributed by atoms with Crippen molar-refractivity contribution < 1.29 is 9.90 Å². The molecule has 16 heavy (non-hydrogen) atoms. The zero-order chi connectivity index (χ0) is 11.6. The van der Waals surface area contributed by atoms with Gasteiger partial charge in [0.2, 0.25) is 5.91 Å². The fourth-order valence-corrected chi connectivity index (χ4v) is 2.47. The molecule has 1 aliphatic heterocycles. The van der Waals surface area contributed by atoms with Crippen molar-refractivity contribution in [1.29, 1.82) is 0 Å². The Hall–Kier alpha value is -0.610. The summed E-state index contributed by atoms with van der Waals surface area (Å²) in [6.07, 6.45) is 4.70. The van der Waals surface area contributed by atoms with Crippen LogP contribution in [0.5, 0.6) is 0 Å². The first-order valence-electron chi connectivity index (χ1n) is 6.26. The maximum Gasteiger partial charge on any atom is 0.227 e. The number of rotatable bonds is 3. The van der Waals surface area contributed by atoms with Gasteiger partial charge in [-0.05, 0) is 45.6 Å². The first kappa shape index (κ1) is 11.9. The van der Waals surface area contributed by atoms with E-state index in [1.54, 1.807) is 0 Å². The summed E-state index contributed by atoms with van der Waals surface area (Å²) in [5.74, 6) is 0.0834. The van der Waals surface area contributed by atoms with Gasteiger partial charge in [0.1, 0.15) is 0 Å². The summed E-state index contributed by atoms with van der Waals surface area (Å²) in [6, 6.07) is 0. The Labute approximate surface area is 96.8 Å². The highest BCUT2D eigenvalue weighted by Gasteiger charge is 2.38. The molecule has 2 aliphatic rings. The largest absolute Gasteiger partial charge is 0.388 e. The molecular weight excluding hydrogens is 204 g/mol. The van der Waals surface area contributed by atoms with Crippen molar-refractivity contribution >= 4 is 5.91 Å². The number of hydrogen-bond acceptors (Lipinski definition) is 3. The van der Waals surface area contributed by atoms with Crippen LogP contribution in [0.25, 0.3) is 0 Å². The molecule has 0 aromatic heterocycles. The number of amides is 1. The Morgan fingerprint density at radius 3 is 2.62 bits per heavy atom. The molecule has 3 N–H and O–H groups in total. The van der Waals surface area contributed by atoms with Gasteiger partial charge in [-0.3, -0.25) is 4.79 Å². The summed E-state index contributed by atoms with van der Waals surface area (Å²) in [7, 11) is 0. The number of aliphatic hydroxyl groups is 1. The van der Waals surface area contributed by atoms with Crippen LogP contribution >= 0.6 is 0 Å². The van der Waals surface area contributed by atoms with E-state index in [0.717, 1.165) is 45.2 Å². The molecule has 0 spiro atoms. The Morgan fingerprint density at radius 1 is 1.38 bits per heavy atom. The van der Waals surface area contributed by atoms with E-state index in [0.29, 0.717) is 6.54 Å². The van der Waals surface area contributed by atoms with Gasteiger partial charge in [0.15, 0.2) is 0 Å². The predicted molar refractivity (Wildman–Crippen MR) is 62.0 cm³/mol. The van der Waals surface area contributed by atoms with E-state index >= 15 is 0 Å². The third-order valence-corrected chi connectivity index (χ3v) is 4.01. The molecule has 0 bridgehead atoms. The second kappa shape index (κ2) is 4.34. The lowest BCUT2D eigenvalue weighted by atomic mass is 9.79. The second-order valence-electron chi connectivity index (χ2n) is 5.60. The number of piperidine rings is 1. The van der Waals surface area contributed by atoms with Crippen LogP contribution < -0.4 is 10.6 Å². The fourth-order valence-electron chi connectivity index (χ4n) is 2.47. The number of carbonyl (C=O) groups excluding carboxylic acids is 1. The average Bonchev–Trinajstić information content (AvgIpc) is 2.24. The summed E-state index contributed by atoms with van der Waals surface area (Å²) in [5.41, 5.74) is -0.910. The Morgan fingerprint density at radius 2 is 2.12 bits per heavy atom. The molecule has 1 saturated carbocycles. The predicted octanol–water partition coefficient (Wildman–Crippen LogP) is 0.407. The van der Waals surface area contributed by atoms with Gasteiger partial charge in [0.05, 0.1) is 11.0 Å². The fraction of sp³-hybridized carbons (Fsp3) is 0.917. The highest BCUT2D eigenvalue weighted by Crippen LogP contribution is 2.31. The molecule has 1 amide bonds. The zero-order valence-electron chi connectivity index (χ0n) is 10.0. The summed E-state index contributed by atoms with van der Waals surface area (Å²) in [5, 5.41) is 16.1. The van der Waals surface area contributed by atoms with E-state index in [1.165, 1.54) is 0 Å². The standard InChI is InChI=1S/C12H22N2O2/c1-11(4-3-7-13-8-11)10(15)14-9-12(16)5-2-6-12/h13,16H,2-9H2,1H3,(H,14,15). The van der Waals surface area contributed by atoms with Gasteiger partial charge in [-0.2, -0.15) is 0 Å². The van der Waals surface area contributed by atoms with Crippen molar-refractivity contribution in [2.75, 3.05) is 19.6 Å². The molecule has 1 heterocycles. The van der Waals surface area contributed by atoms with Gasteiger partial charge in [-0.25, -0.2) is 0 Å². The van der Waals surface area contributed by atoms with Crippen molar-refractivity contribution in [3.63, 3.8) is 0 Å². The molecule has 4 heteroatoms. The van der Waals surface area contributed by atoms with Gasteiger partial charge in [-0.15, -0.1) is 0 Å². The summed E-state index contributed by atoms with van der Waals surface area (Å²) in [6.45, 7) is 4.17. The molecule has 4 nitrogen and oxygen atoms in total. The third-order valence-electron chi connectivity index (χ3n) is 4.01. The van der Waals surface area contributed by atoms with Crippen LogP contribution in [0.3, 0.4) is 0 Å². The highest BCUT2D eigenvalue weighted by atomic mass is 16.3. The van der Waals surface area contributed by atoms with E-state index in [2.05, 4.69) is 10.6 Å². The van der Waals surface area contributed by atoms with E-state index < -0.39 is 5.60 Å². The lowest BCUT2D eigenvalue weighted by Gasteiger charge is -2.38. The average molecular weight is 226 g/mol. The summed E-state index contributed by atoms with van der Waals surface area (Å²) in [4.78, 5) is 12.0. The maximum atomic E-state index is 12.0. The first-order chi connectivity index (χ1) is 7.54. The van der Waals surface area contributed by atoms with Crippen molar-refractivity contribution in [2.45, 2.75) is 44.6 Å². The molecule has 2 rings (SSSR count). The van der Waals surface area contributed by atoms with Crippen LogP contribution in [-0.2, 0) is 4.79 Å². The van der Waals surface area contributed by atoms with Crippen molar-refractivity contribution in [1.82, 2.24) is 10.6 Å². The van der Waals surface area contributed by atoms with E-state index in [-0.39, 0.29) is 11.3 Å². The van der Waals surface area contributed by atoms with E-state index in [4.69, 9.17) is 0 Å². The van der Waals surface area contributed by atoms with Gasteiger partial charge in [-0.1, -0.05) is 0 Å². The van der Waals surface area contributed by atoms with Crippen LogP contribution in [0.1, 0.15) is 39.0 Å². The van der Waals surface area contributed by atoms with Gasteiger partial charge < -0.3 is 15.7 Å². The van der Waals surface area contributed by atoms with Crippen LogP contribution in [0.2, 0.25) is 0 Å². The molecule has 92 valence electrons. The Bertz CT molecular complexity index is 268. The number of nitrogens with one attached hydrogen (secondary N) is 2. The molecule has 0 aromatic rings. The normalized spacial score (nSPS) is 32.9. The Kier molecular flexibility index (Phi) is 3.22. The molecule has 1 aliphatic carbocycles. The Balaban J connectivity index is 1.82. The maximum absolute atomic E-state index is 12.0. The summed E-state index contributed by atoms with van der Waals surface area (Å²) < 4.78 is 0. The lowest BCUT2D eigenvalue weighted by Crippen LogP contribution is -2.54. The topological polar surface area (TPSA) is 61.4 Å².